The molecule has 0 aliphatic rings. The molecule has 2 rings (SSSR count). The van der Waals surface area contributed by atoms with Crippen molar-refractivity contribution in [1.82, 2.24) is 20.3 Å². The lowest BCUT2D eigenvalue weighted by atomic mass is 10.1. The van der Waals surface area contributed by atoms with E-state index in [9.17, 15) is 0 Å². The Balaban J connectivity index is 2.11. The molecule has 5 heteroatoms. The second-order valence-corrected chi connectivity index (χ2v) is 4.39. The van der Waals surface area contributed by atoms with E-state index in [4.69, 9.17) is 0 Å². The van der Waals surface area contributed by atoms with Crippen molar-refractivity contribution in [1.29, 1.82) is 0 Å². The van der Waals surface area contributed by atoms with Gasteiger partial charge in [-0.2, -0.15) is 0 Å². The molecule has 0 radical (unpaired) electrons. The molecule has 0 spiro atoms. The zero-order valence-corrected chi connectivity index (χ0v) is 9.94. The van der Waals surface area contributed by atoms with E-state index in [2.05, 4.69) is 27.2 Å². The third kappa shape index (κ3) is 2.84. The summed E-state index contributed by atoms with van der Waals surface area (Å²) in [6, 6.07) is 0.248. The molecule has 0 aliphatic carbocycles. The van der Waals surface area contributed by atoms with Gasteiger partial charge in [-0.3, -0.25) is 0 Å². The van der Waals surface area contributed by atoms with Crippen molar-refractivity contribution in [2.75, 3.05) is 6.54 Å². The highest BCUT2D eigenvalue weighted by atomic mass is 32.1. The maximum Gasteiger partial charge on any atom is 0.115 e. The molecule has 4 nitrogen and oxygen atoms in total. The molecule has 0 aliphatic heterocycles. The van der Waals surface area contributed by atoms with E-state index < -0.39 is 0 Å². The molecule has 0 bridgehead atoms. The van der Waals surface area contributed by atoms with Gasteiger partial charge in [-0.1, -0.05) is 6.92 Å². The van der Waals surface area contributed by atoms with E-state index in [1.165, 1.54) is 0 Å². The zero-order valence-electron chi connectivity index (χ0n) is 9.13. The maximum atomic E-state index is 4.30. The lowest BCUT2D eigenvalue weighted by molar-refractivity contribution is 0.545. The Bertz CT molecular complexity index is 401. The Morgan fingerprint density at radius 2 is 2.19 bits per heavy atom. The molecular weight excluding hydrogens is 220 g/mol. The number of hydrogen-bond acceptors (Lipinski definition) is 5. The Hall–Kier alpha value is -1.33. The molecule has 1 atom stereocenters. The smallest absolute Gasteiger partial charge is 0.115 e. The Labute approximate surface area is 98.8 Å². The molecule has 2 aromatic rings. The predicted molar refractivity (Wildman–Crippen MR) is 64.3 cm³/mol. The van der Waals surface area contributed by atoms with E-state index >= 15 is 0 Å². The van der Waals surface area contributed by atoms with E-state index in [0.29, 0.717) is 0 Å². The summed E-state index contributed by atoms with van der Waals surface area (Å²) < 4.78 is 0. The molecule has 0 saturated heterocycles. The van der Waals surface area contributed by atoms with Crippen LogP contribution in [-0.2, 0) is 6.42 Å². The van der Waals surface area contributed by atoms with E-state index in [1.807, 2.05) is 24.0 Å². The molecule has 16 heavy (non-hydrogen) atoms. The molecular formula is C11H14N4S. The minimum Gasteiger partial charge on any atom is -0.310 e. The van der Waals surface area contributed by atoms with Gasteiger partial charge in [0.25, 0.3) is 0 Å². The van der Waals surface area contributed by atoms with E-state index in [-0.39, 0.29) is 6.04 Å². The van der Waals surface area contributed by atoms with Gasteiger partial charge in [-0.25, -0.2) is 15.0 Å². The Morgan fingerprint density at radius 1 is 1.38 bits per heavy atom. The second-order valence-electron chi connectivity index (χ2n) is 3.41. The maximum absolute atomic E-state index is 4.30. The van der Waals surface area contributed by atoms with Crippen LogP contribution in [-0.4, -0.2) is 21.5 Å². The highest BCUT2D eigenvalue weighted by Gasteiger charge is 2.12. The number of aromatic nitrogens is 3. The largest absolute Gasteiger partial charge is 0.310 e. The van der Waals surface area contributed by atoms with Crippen molar-refractivity contribution in [3.8, 4) is 0 Å². The Morgan fingerprint density at radius 3 is 2.81 bits per heavy atom. The SMILES string of the molecule is CCNC(Cc1nccs1)c1cncnc1. The molecule has 2 aromatic heterocycles. The summed E-state index contributed by atoms with van der Waals surface area (Å²) in [4.78, 5) is 12.4. The summed E-state index contributed by atoms with van der Waals surface area (Å²) in [6.07, 6.45) is 7.99. The lowest BCUT2D eigenvalue weighted by Crippen LogP contribution is -2.23. The van der Waals surface area contributed by atoms with Crippen molar-refractivity contribution in [3.63, 3.8) is 0 Å². The summed E-state index contributed by atoms with van der Waals surface area (Å²) >= 11 is 1.68. The summed E-state index contributed by atoms with van der Waals surface area (Å²) in [6.45, 7) is 3.02. The first kappa shape index (κ1) is 11.2. The van der Waals surface area contributed by atoms with Gasteiger partial charge in [0.05, 0.1) is 5.01 Å². The fraction of sp³-hybridized carbons (Fsp3) is 0.364. The third-order valence-electron chi connectivity index (χ3n) is 2.30. The summed E-state index contributed by atoms with van der Waals surface area (Å²) in [5, 5.41) is 6.56. The predicted octanol–water partition coefficient (Wildman–Crippen LogP) is 1.83. The minimum atomic E-state index is 0.248. The first-order chi connectivity index (χ1) is 7.90. The first-order valence-corrected chi connectivity index (χ1v) is 6.14. The van der Waals surface area contributed by atoms with E-state index in [0.717, 1.165) is 23.5 Å². The molecule has 0 aromatic carbocycles. The lowest BCUT2D eigenvalue weighted by Gasteiger charge is -2.15. The summed E-state index contributed by atoms with van der Waals surface area (Å²) in [7, 11) is 0. The monoisotopic (exact) mass is 234 g/mol. The zero-order chi connectivity index (χ0) is 11.2. The van der Waals surface area contributed by atoms with Crippen molar-refractivity contribution in [3.05, 3.63) is 40.9 Å². The van der Waals surface area contributed by atoms with Crippen LogP contribution in [0.5, 0.6) is 0 Å². The highest BCUT2D eigenvalue weighted by Crippen LogP contribution is 2.18. The third-order valence-corrected chi connectivity index (χ3v) is 3.10. The van der Waals surface area contributed by atoms with Gasteiger partial charge < -0.3 is 5.32 Å². The average molecular weight is 234 g/mol. The van der Waals surface area contributed by atoms with Gasteiger partial charge in [0, 0.05) is 42.0 Å². The van der Waals surface area contributed by atoms with Crippen molar-refractivity contribution in [2.45, 2.75) is 19.4 Å². The molecule has 0 amide bonds. The summed E-state index contributed by atoms with van der Waals surface area (Å²) in [5.41, 5.74) is 1.11. The van der Waals surface area contributed by atoms with Gasteiger partial charge >= 0.3 is 0 Å². The van der Waals surface area contributed by atoms with Crippen molar-refractivity contribution >= 4 is 11.3 Å². The van der Waals surface area contributed by atoms with Crippen molar-refractivity contribution < 1.29 is 0 Å². The highest BCUT2D eigenvalue weighted by molar-refractivity contribution is 7.09. The molecule has 84 valence electrons. The summed E-state index contributed by atoms with van der Waals surface area (Å²) in [5.74, 6) is 0. The van der Waals surface area contributed by atoms with Crippen LogP contribution in [0.4, 0.5) is 0 Å². The topological polar surface area (TPSA) is 50.7 Å². The fourth-order valence-electron chi connectivity index (χ4n) is 1.57. The van der Waals surface area contributed by atoms with Crippen LogP contribution < -0.4 is 5.32 Å². The number of nitrogens with one attached hydrogen (secondary N) is 1. The quantitative estimate of drug-likeness (QED) is 0.857. The standard InChI is InChI=1S/C11H14N4S/c1-2-14-10(5-11-15-3-4-16-11)9-6-12-8-13-7-9/h3-4,6-8,10,14H,2,5H2,1H3. The number of likely N-dealkylation sites (N-methyl/N-ethyl adjacent to an activating group) is 1. The normalized spacial score (nSPS) is 12.6. The number of thiazole rings is 1. The fourth-order valence-corrected chi connectivity index (χ4v) is 2.24. The van der Waals surface area contributed by atoms with Gasteiger partial charge in [0.1, 0.15) is 6.33 Å². The van der Waals surface area contributed by atoms with Gasteiger partial charge in [0.15, 0.2) is 0 Å². The van der Waals surface area contributed by atoms with Crippen LogP contribution in [0.1, 0.15) is 23.5 Å². The Kier molecular flexibility index (Phi) is 3.96. The second kappa shape index (κ2) is 5.67. The minimum absolute atomic E-state index is 0.248. The van der Waals surface area contributed by atoms with Crippen LogP contribution >= 0.6 is 11.3 Å². The van der Waals surface area contributed by atoms with Gasteiger partial charge in [0.2, 0.25) is 0 Å². The molecule has 1 unspecified atom stereocenters. The molecule has 0 fully saturated rings. The molecule has 0 saturated carbocycles. The van der Waals surface area contributed by atoms with E-state index in [1.54, 1.807) is 17.7 Å². The average Bonchev–Trinajstić information content (AvgIpc) is 2.83. The van der Waals surface area contributed by atoms with Crippen LogP contribution in [0, 0.1) is 0 Å². The number of nitrogens with zero attached hydrogens (tertiary/aromatic N) is 3. The van der Waals surface area contributed by atoms with Gasteiger partial charge in [-0.05, 0) is 6.54 Å². The van der Waals surface area contributed by atoms with Gasteiger partial charge in [-0.15, -0.1) is 11.3 Å². The number of rotatable bonds is 5. The first-order valence-electron chi connectivity index (χ1n) is 5.26. The van der Waals surface area contributed by atoms with Crippen LogP contribution in [0.15, 0.2) is 30.3 Å². The van der Waals surface area contributed by atoms with Crippen LogP contribution in [0.3, 0.4) is 0 Å². The molecule has 1 N–H and O–H groups in total. The van der Waals surface area contributed by atoms with Crippen LogP contribution in [0.2, 0.25) is 0 Å². The van der Waals surface area contributed by atoms with Crippen LogP contribution in [0.25, 0.3) is 0 Å². The molecule has 2 heterocycles. The number of hydrogen-bond donors (Lipinski definition) is 1. The van der Waals surface area contributed by atoms with Crippen molar-refractivity contribution in [2.24, 2.45) is 0 Å².